The van der Waals surface area contributed by atoms with Crippen molar-refractivity contribution in [2.45, 2.75) is 0 Å². The Morgan fingerprint density at radius 2 is 1.20 bits per heavy atom. The van der Waals surface area contributed by atoms with Crippen LogP contribution in [0.3, 0.4) is 0 Å². The summed E-state index contributed by atoms with van der Waals surface area (Å²) >= 11 is -0.931. The molecule has 0 aliphatic rings. The van der Waals surface area contributed by atoms with Crippen LogP contribution in [-0.2, 0) is 17.1 Å². The van der Waals surface area contributed by atoms with Crippen LogP contribution in [0.15, 0.2) is 0 Å². The minimum atomic E-state index is -0.931. The Kier molecular flexibility index (Phi) is 49.5. The van der Waals surface area contributed by atoms with Gasteiger partial charge in [0.15, 0.2) is 17.4 Å². The number of hydrogen-bond acceptors (Lipinski definition) is 0. The molecule has 0 radical (unpaired) electrons. The summed E-state index contributed by atoms with van der Waals surface area (Å²) in [4.78, 5) is 0. The van der Waals surface area contributed by atoms with Crippen LogP contribution in [0, 0.1) is 0 Å². The van der Waals surface area contributed by atoms with Crippen LogP contribution in [0.5, 0.6) is 0 Å². The van der Waals surface area contributed by atoms with E-state index < -0.39 is 30.8 Å². The van der Waals surface area contributed by atoms with Crippen molar-refractivity contribution in [3.8, 4) is 0 Å². The number of halogens is 2. The van der Waals surface area contributed by atoms with E-state index in [1.54, 1.807) is 0 Å². The Labute approximate surface area is 76.3 Å². The monoisotopic (exact) mass is 196 g/mol. The molecule has 30 valence electrons. The van der Waals surface area contributed by atoms with Gasteiger partial charge in [-0.3, -0.25) is 0 Å². The van der Waals surface area contributed by atoms with E-state index in [0.29, 0.717) is 0 Å². The molecule has 5 heteroatoms. The normalized spacial score (nSPS) is 2.00. The van der Waals surface area contributed by atoms with E-state index >= 15 is 0 Å². The van der Waals surface area contributed by atoms with Gasteiger partial charge in [0.05, 0.1) is 0 Å². The third-order valence-corrected chi connectivity index (χ3v) is 0. The van der Waals surface area contributed by atoms with Crippen molar-refractivity contribution in [3.05, 3.63) is 0 Å². The Balaban J connectivity index is -0.0000000200. The predicted molar refractivity (Wildman–Crippen MR) is 27.4 cm³/mol. The molecule has 0 bridgehead atoms. The predicted octanol–water partition coefficient (Wildman–Crippen LogP) is -0.188. The molecule has 0 rings (SSSR count). The first-order valence-electron chi connectivity index (χ1n) is 0.535. The van der Waals surface area contributed by atoms with Crippen molar-refractivity contribution in [1.82, 2.24) is 0 Å². The molecule has 0 N–H and O–H groups in total. The summed E-state index contributed by atoms with van der Waals surface area (Å²) in [7, 11) is 0. The summed E-state index contributed by atoms with van der Waals surface area (Å²) in [5, 5.41) is 0. The van der Waals surface area contributed by atoms with Gasteiger partial charge in [-0.15, -0.1) is 0 Å². The van der Waals surface area contributed by atoms with Gasteiger partial charge in [0.2, 0.25) is 0 Å². The largest absolute Gasteiger partial charge is 0 e. The molecule has 0 unspecified atom stereocenters. The average molecular weight is 197 g/mol. The van der Waals surface area contributed by atoms with Crippen LogP contribution in [0.25, 0.3) is 0 Å². The molecule has 0 aromatic heterocycles. The van der Waals surface area contributed by atoms with Crippen molar-refractivity contribution in [2.24, 2.45) is 0 Å². The van der Waals surface area contributed by atoms with Crippen LogP contribution >= 0.6 is 12.8 Å². The fourth-order valence-corrected chi connectivity index (χ4v) is 0. The summed E-state index contributed by atoms with van der Waals surface area (Å²) in [5.74, 6) is 0. The zero-order valence-electron chi connectivity index (χ0n) is 1.82. The molecule has 0 fully saturated rings. The second-order valence-electron chi connectivity index (χ2n) is 0.101. The minimum Gasteiger partial charge on any atom is 0 e. The summed E-state index contributed by atoms with van der Waals surface area (Å²) < 4.78 is 0. The fourth-order valence-electron chi connectivity index (χ4n) is 0. The maximum Gasteiger partial charge on any atom is 0 e. The van der Waals surface area contributed by atoms with E-state index in [1.807, 2.05) is 0 Å². The van der Waals surface area contributed by atoms with Gasteiger partial charge in [0, 0.05) is 17.1 Å². The van der Waals surface area contributed by atoms with Crippen molar-refractivity contribution in [1.29, 1.82) is 0 Å². The van der Waals surface area contributed by atoms with E-state index in [4.69, 9.17) is 12.8 Å². The zero-order chi connectivity index (χ0) is 2.71. The standard InChI is InChI=1S/Al.Ca.2ClH.Fe.3H/h;;2*1H;;;;/q;+2;;;;;;/p-2. The van der Waals surface area contributed by atoms with Crippen LogP contribution in [-0.4, -0.2) is 48.2 Å². The van der Waals surface area contributed by atoms with Gasteiger partial charge < -0.3 is 0 Å². The van der Waals surface area contributed by atoms with Crippen LogP contribution in [0.1, 0.15) is 0 Å². The molecule has 0 aliphatic heterocycles. The number of rotatable bonds is 0. The van der Waals surface area contributed by atoms with Crippen LogP contribution < -0.4 is 0 Å². The molecular weight excluding hydrogens is 194 g/mol. The molecule has 0 heterocycles. The fraction of sp³-hybridized carbons (Fsp3) is 0. The van der Waals surface area contributed by atoms with E-state index in [-0.39, 0.29) is 34.4 Å². The van der Waals surface area contributed by atoms with Gasteiger partial charge in [-0.05, 0) is 0 Å². The summed E-state index contributed by atoms with van der Waals surface area (Å²) in [6.45, 7) is 0. The van der Waals surface area contributed by atoms with Gasteiger partial charge in [-0.1, -0.05) is 0 Å². The first-order chi connectivity index (χ1) is 1.41. The second-order valence-corrected chi connectivity index (χ2v) is 3.75. The maximum atomic E-state index is 4.95. The minimum absolute atomic E-state index is 0. The molecule has 0 saturated carbocycles. The molecule has 0 spiro atoms. The van der Waals surface area contributed by atoms with Gasteiger partial charge in [0.25, 0.3) is 0 Å². The molecule has 0 aromatic rings. The summed E-state index contributed by atoms with van der Waals surface area (Å²) in [6.07, 6.45) is 9.90. The van der Waals surface area contributed by atoms with E-state index in [1.165, 1.54) is 0 Å². The second kappa shape index (κ2) is 15.8. The zero-order valence-corrected chi connectivity index (χ0v) is 6.64. The van der Waals surface area contributed by atoms with Gasteiger partial charge in [-0.2, -0.15) is 0 Å². The molecule has 5 heavy (non-hydrogen) atoms. The molecule has 0 aromatic carbocycles. The van der Waals surface area contributed by atoms with Crippen molar-refractivity contribution in [3.63, 3.8) is 0 Å². The third kappa shape index (κ3) is 19.7. The first kappa shape index (κ1) is 15.7. The third-order valence-electron chi connectivity index (χ3n) is 0. The number of hydrogen-bond donors (Lipinski definition) is 0. The Bertz CT molecular complexity index is 9.61. The van der Waals surface area contributed by atoms with Crippen LogP contribution in [0.4, 0.5) is 0 Å². The molecule has 0 aliphatic carbocycles. The molecule has 0 saturated heterocycles. The molecular formula is H3AlCaCl2Fe. The van der Waals surface area contributed by atoms with Crippen molar-refractivity contribution < 1.29 is 17.1 Å². The Morgan fingerprint density at radius 1 is 1.20 bits per heavy atom. The average Bonchev–Trinajstić information content (AvgIpc) is 0.918. The van der Waals surface area contributed by atoms with E-state index in [0.717, 1.165) is 0 Å². The van der Waals surface area contributed by atoms with E-state index in [9.17, 15) is 0 Å². The van der Waals surface area contributed by atoms with Gasteiger partial charge in [-0.25, -0.2) is 0 Å². The quantitative estimate of drug-likeness (QED) is 0.472. The van der Waals surface area contributed by atoms with Gasteiger partial charge >= 0.3 is 43.6 Å². The summed E-state index contributed by atoms with van der Waals surface area (Å²) in [6, 6.07) is 0. The van der Waals surface area contributed by atoms with Gasteiger partial charge in [0.1, 0.15) is 0 Å². The Hall–Kier alpha value is 2.89. The molecule has 0 amide bonds. The molecule has 0 nitrogen and oxygen atoms in total. The van der Waals surface area contributed by atoms with Crippen molar-refractivity contribution >= 4 is 61.0 Å². The van der Waals surface area contributed by atoms with Crippen LogP contribution in [0.2, 0.25) is 0 Å². The summed E-state index contributed by atoms with van der Waals surface area (Å²) in [5.41, 5.74) is 0. The van der Waals surface area contributed by atoms with Crippen molar-refractivity contribution in [2.75, 3.05) is 0 Å². The Morgan fingerprint density at radius 3 is 1.20 bits per heavy atom. The maximum absolute atomic E-state index is 4.95. The first-order valence-corrected chi connectivity index (χ1v) is 6.61. The topological polar surface area (TPSA) is 0 Å². The smallest absolute Gasteiger partial charge is 0 e. The molecule has 0 atom stereocenters. The van der Waals surface area contributed by atoms with E-state index in [2.05, 4.69) is 0 Å². The SMILES string of the molecule is [AlH3].[Cl][Ca][Cl].[Fe].